The van der Waals surface area contributed by atoms with Crippen molar-refractivity contribution in [1.82, 2.24) is 9.47 Å². The van der Waals surface area contributed by atoms with Gasteiger partial charge in [-0.15, -0.1) is 0 Å². The second-order valence-corrected chi connectivity index (χ2v) is 7.48. The summed E-state index contributed by atoms with van der Waals surface area (Å²) in [6.07, 6.45) is 0.767. The van der Waals surface area contributed by atoms with Gasteiger partial charge in [-0.05, 0) is 24.7 Å². The molecule has 0 amide bonds. The summed E-state index contributed by atoms with van der Waals surface area (Å²) >= 11 is 0. The summed E-state index contributed by atoms with van der Waals surface area (Å²) in [5, 5.41) is 8.83. The maximum atomic E-state index is 15.8. The Morgan fingerprint density at radius 1 is 1.03 bits per heavy atom. The first-order valence-electron chi connectivity index (χ1n) is 9.96. The van der Waals surface area contributed by atoms with Crippen molar-refractivity contribution in [1.29, 1.82) is 0 Å². The molecule has 1 aliphatic heterocycles. The number of carbonyl (C=O) groups is 1. The maximum absolute atomic E-state index is 15.8. The molecule has 0 radical (unpaired) electrons. The summed E-state index contributed by atoms with van der Waals surface area (Å²) in [6, 6.07) is 3.22. The zero-order valence-corrected chi connectivity index (χ0v) is 17.0. The average Bonchev–Trinajstić information content (AvgIpc) is 2.75. The lowest BCUT2D eigenvalue weighted by molar-refractivity contribution is 0.0695. The van der Waals surface area contributed by atoms with E-state index in [9.17, 15) is 23.5 Å². The number of rotatable bonds is 4. The van der Waals surface area contributed by atoms with Gasteiger partial charge >= 0.3 is 5.97 Å². The van der Waals surface area contributed by atoms with Crippen LogP contribution in [-0.4, -0.2) is 53.3 Å². The van der Waals surface area contributed by atoms with Gasteiger partial charge in [0, 0.05) is 38.4 Å². The molecular weight excluding hydrogens is 430 g/mol. The zero-order chi connectivity index (χ0) is 23.2. The van der Waals surface area contributed by atoms with Gasteiger partial charge < -0.3 is 19.5 Å². The fourth-order valence-electron chi connectivity index (χ4n) is 4.00. The van der Waals surface area contributed by atoms with Gasteiger partial charge in [-0.2, -0.15) is 0 Å². The molecule has 3 aromatic rings. The smallest absolute Gasteiger partial charge is 0.341 e. The number of nitrogens with zero attached hydrogens (tertiary/aromatic N) is 3. The molecular formula is C22H19F4N3O3. The average molecular weight is 449 g/mol. The Hall–Kier alpha value is -3.40. The van der Waals surface area contributed by atoms with Crippen LogP contribution >= 0.6 is 0 Å². The number of aromatic carboxylic acids is 1. The third-order valence-corrected chi connectivity index (χ3v) is 5.69. The van der Waals surface area contributed by atoms with Crippen molar-refractivity contribution in [2.75, 3.05) is 37.6 Å². The Morgan fingerprint density at radius 3 is 2.31 bits per heavy atom. The Balaban J connectivity index is 2.02. The number of carboxylic acid groups (broad SMARTS) is 1. The highest BCUT2D eigenvalue weighted by Crippen LogP contribution is 2.32. The summed E-state index contributed by atoms with van der Waals surface area (Å²) in [7, 11) is 0. The summed E-state index contributed by atoms with van der Waals surface area (Å²) in [5.41, 5.74) is -3.16. The highest BCUT2D eigenvalue weighted by atomic mass is 19.1. The molecule has 4 rings (SSSR count). The minimum absolute atomic E-state index is 0.329. The third-order valence-electron chi connectivity index (χ3n) is 5.69. The number of hydrogen-bond donors (Lipinski definition) is 1. The number of aromatic nitrogens is 1. The Bertz CT molecular complexity index is 1280. The molecule has 2 heterocycles. The van der Waals surface area contributed by atoms with Crippen LogP contribution in [0.25, 0.3) is 16.6 Å². The van der Waals surface area contributed by atoms with E-state index >= 15 is 8.78 Å². The van der Waals surface area contributed by atoms with Crippen LogP contribution < -0.4 is 10.3 Å². The summed E-state index contributed by atoms with van der Waals surface area (Å²) in [5.74, 6) is -5.79. The standard InChI is InChI=1S/C22H19F4N3O3/c1-2-27-5-7-28(8-6-27)20-16(25)10-13-19(18(20)26)29(11-14(21(13)30)22(31)32)17-4-3-12(23)9-15(17)24/h3-4,9-11H,2,5-8H2,1H3,(H,31,32). The minimum Gasteiger partial charge on any atom is -0.477 e. The molecule has 2 aromatic carbocycles. The normalized spacial score (nSPS) is 14.8. The van der Waals surface area contributed by atoms with Gasteiger partial charge in [0.15, 0.2) is 5.82 Å². The van der Waals surface area contributed by atoms with Crippen LogP contribution in [0.4, 0.5) is 23.2 Å². The van der Waals surface area contributed by atoms with Gasteiger partial charge in [-0.3, -0.25) is 4.79 Å². The predicted octanol–water partition coefficient (Wildman–Crippen LogP) is 3.39. The molecule has 0 unspecified atom stereocenters. The number of fused-ring (bicyclic) bond motifs is 1. The first-order chi connectivity index (χ1) is 15.2. The lowest BCUT2D eigenvalue weighted by atomic mass is 10.1. The zero-order valence-electron chi connectivity index (χ0n) is 17.0. The Morgan fingerprint density at radius 2 is 1.72 bits per heavy atom. The summed E-state index contributed by atoms with van der Waals surface area (Å²) < 4.78 is 59.6. The van der Waals surface area contributed by atoms with Crippen molar-refractivity contribution in [3.05, 3.63) is 69.5 Å². The molecule has 1 N–H and O–H groups in total. The van der Waals surface area contributed by atoms with Crippen LogP contribution in [0.5, 0.6) is 0 Å². The summed E-state index contributed by atoms with van der Waals surface area (Å²) in [6.45, 7) is 4.57. The third kappa shape index (κ3) is 3.60. The molecule has 0 aliphatic carbocycles. The molecule has 0 atom stereocenters. The highest BCUT2D eigenvalue weighted by Gasteiger charge is 2.28. The van der Waals surface area contributed by atoms with Crippen LogP contribution in [0.2, 0.25) is 0 Å². The highest BCUT2D eigenvalue weighted by molar-refractivity contribution is 5.94. The van der Waals surface area contributed by atoms with Crippen LogP contribution in [0.1, 0.15) is 17.3 Å². The molecule has 0 bridgehead atoms. The van der Waals surface area contributed by atoms with Crippen molar-refractivity contribution in [3.8, 4) is 5.69 Å². The fourth-order valence-corrected chi connectivity index (χ4v) is 4.00. The monoisotopic (exact) mass is 449 g/mol. The Labute approximate surface area is 179 Å². The number of hydrogen-bond acceptors (Lipinski definition) is 4. The molecule has 1 aliphatic rings. The van der Waals surface area contributed by atoms with Crippen molar-refractivity contribution < 1.29 is 27.5 Å². The number of carboxylic acids is 1. The van der Waals surface area contributed by atoms with Crippen LogP contribution in [0.3, 0.4) is 0 Å². The van der Waals surface area contributed by atoms with Crippen molar-refractivity contribution in [2.45, 2.75) is 6.92 Å². The number of piperazine rings is 1. The molecule has 32 heavy (non-hydrogen) atoms. The lowest BCUT2D eigenvalue weighted by Gasteiger charge is -2.36. The second-order valence-electron chi connectivity index (χ2n) is 7.48. The van der Waals surface area contributed by atoms with E-state index in [-0.39, 0.29) is 11.4 Å². The first-order valence-corrected chi connectivity index (χ1v) is 9.96. The van der Waals surface area contributed by atoms with Gasteiger partial charge in [0.1, 0.15) is 28.7 Å². The van der Waals surface area contributed by atoms with Gasteiger partial charge in [0.25, 0.3) is 0 Å². The molecule has 1 fully saturated rings. The van der Waals surface area contributed by atoms with Crippen molar-refractivity contribution in [2.24, 2.45) is 0 Å². The number of benzene rings is 2. The van der Waals surface area contributed by atoms with Crippen molar-refractivity contribution >= 4 is 22.6 Å². The van der Waals surface area contributed by atoms with Crippen molar-refractivity contribution in [3.63, 3.8) is 0 Å². The van der Waals surface area contributed by atoms with E-state index in [1.165, 1.54) is 4.90 Å². The van der Waals surface area contributed by atoms with Crippen LogP contribution in [0, 0.1) is 23.3 Å². The van der Waals surface area contributed by atoms with E-state index in [4.69, 9.17) is 0 Å². The van der Waals surface area contributed by atoms with Crippen LogP contribution in [0.15, 0.2) is 35.3 Å². The number of likely N-dealkylation sites (N-methyl/N-ethyl adjacent to an activating group) is 1. The van der Waals surface area contributed by atoms with Gasteiger partial charge in [0.2, 0.25) is 5.43 Å². The minimum atomic E-state index is -1.64. The molecule has 1 aromatic heterocycles. The molecule has 1 saturated heterocycles. The van der Waals surface area contributed by atoms with E-state index in [0.29, 0.717) is 32.2 Å². The predicted molar refractivity (Wildman–Crippen MR) is 111 cm³/mol. The molecule has 168 valence electrons. The second kappa shape index (κ2) is 8.27. The molecule has 0 saturated carbocycles. The Kier molecular flexibility index (Phi) is 5.64. The number of anilines is 1. The first kappa shape index (κ1) is 21.8. The van der Waals surface area contributed by atoms with Gasteiger partial charge in [-0.25, -0.2) is 22.4 Å². The molecule has 6 nitrogen and oxygen atoms in total. The van der Waals surface area contributed by atoms with Crippen LogP contribution in [-0.2, 0) is 0 Å². The van der Waals surface area contributed by atoms with E-state index < -0.39 is 51.1 Å². The number of halogens is 4. The quantitative estimate of drug-likeness (QED) is 0.619. The lowest BCUT2D eigenvalue weighted by Crippen LogP contribution is -2.46. The molecule has 10 heteroatoms. The van der Waals surface area contributed by atoms with Gasteiger partial charge in [-0.1, -0.05) is 6.92 Å². The summed E-state index contributed by atoms with van der Waals surface area (Å²) in [4.78, 5) is 27.8. The van der Waals surface area contributed by atoms with Gasteiger partial charge in [0.05, 0.1) is 16.6 Å². The fraction of sp³-hybridized carbons (Fsp3) is 0.273. The van der Waals surface area contributed by atoms with E-state index in [1.807, 2.05) is 6.92 Å². The SMILES string of the molecule is CCN1CCN(c2c(F)cc3c(=O)c(C(=O)O)cn(-c4ccc(F)cc4F)c3c2F)CC1. The largest absolute Gasteiger partial charge is 0.477 e. The maximum Gasteiger partial charge on any atom is 0.341 e. The molecule has 0 spiro atoms. The van der Waals surface area contributed by atoms with E-state index in [1.54, 1.807) is 0 Å². The van der Waals surface area contributed by atoms with E-state index in [2.05, 4.69) is 4.90 Å². The topological polar surface area (TPSA) is 65.8 Å². The number of pyridine rings is 1. The van der Waals surface area contributed by atoms with E-state index in [0.717, 1.165) is 35.5 Å².